The lowest BCUT2D eigenvalue weighted by atomic mass is 10.1. The second kappa shape index (κ2) is 9.20. The number of nitrogens with one attached hydrogen (secondary N) is 1. The van der Waals surface area contributed by atoms with Gasteiger partial charge in [-0.05, 0) is 42.7 Å². The van der Waals surface area contributed by atoms with Gasteiger partial charge in [0.05, 0.1) is 54.1 Å². The van der Waals surface area contributed by atoms with Crippen LogP contribution >= 0.6 is 0 Å². The van der Waals surface area contributed by atoms with E-state index in [1.54, 1.807) is 26.2 Å². The van der Waals surface area contributed by atoms with E-state index in [0.717, 1.165) is 50.6 Å². The molecule has 1 fully saturated rings. The highest BCUT2D eigenvalue weighted by molar-refractivity contribution is 5.59. The molecule has 0 bridgehead atoms. The predicted molar refractivity (Wildman–Crippen MR) is 113 cm³/mol. The lowest BCUT2D eigenvalue weighted by molar-refractivity contribution is -0.900. The maximum absolute atomic E-state index is 5.48. The Morgan fingerprint density at radius 2 is 1.46 bits per heavy atom. The van der Waals surface area contributed by atoms with Crippen molar-refractivity contribution in [3.63, 3.8) is 0 Å². The molecule has 28 heavy (non-hydrogen) atoms. The molecule has 0 amide bonds. The molecule has 1 heterocycles. The molecule has 2 aromatic rings. The van der Waals surface area contributed by atoms with Crippen LogP contribution in [0.15, 0.2) is 30.3 Å². The Bertz CT molecular complexity index is 753. The molecule has 0 atom stereocenters. The molecule has 5 heteroatoms. The molecule has 5 nitrogen and oxygen atoms in total. The lowest BCUT2D eigenvalue weighted by Gasteiger charge is -2.35. The van der Waals surface area contributed by atoms with Crippen molar-refractivity contribution in [2.45, 2.75) is 20.3 Å². The normalized spacial score (nSPS) is 14.8. The minimum Gasteiger partial charge on any atom is -0.493 e. The molecule has 1 N–H and O–H groups in total. The SMILES string of the molecule is COc1cc(CC[NH+]2CCN(c3c(C)cccc3C)CC2)cc(OC)c1OC. The number of methoxy groups -OCH3 is 3. The number of anilines is 1. The summed E-state index contributed by atoms with van der Waals surface area (Å²) in [6.07, 6.45) is 0.995. The van der Waals surface area contributed by atoms with Gasteiger partial charge in [-0.25, -0.2) is 0 Å². The summed E-state index contributed by atoms with van der Waals surface area (Å²) in [5, 5.41) is 0. The van der Waals surface area contributed by atoms with Crippen LogP contribution in [0.3, 0.4) is 0 Å². The van der Waals surface area contributed by atoms with Crippen LogP contribution in [0.25, 0.3) is 0 Å². The monoisotopic (exact) mass is 385 g/mol. The number of ether oxygens (including phenoxy) is 3. The highest BCUT2D eigenvalue weighted by atomic mass is 16.5. The molecule has 0 spiro atoms. The number of para-hydroxylation sites is 1. The number of aryl methyl sites for hydroxylation is 2. The van der Waals surface area contributed by atoms with E-state index in [0.29, 0.717) is 5.75 Å². The summed E-state index contributed by atoms with van der Waals surface area (Å²) in [5.41, 5.74) is 5.40. The van der Waals surface area contributed by atoms with Crippen molar-refractivity contribution in [1.82, 2.24) is 0 Å². The molecular formula is C23H33N2O3+. The number of hydrogen-bond acceptors (Lipinski definition) is 4. The fourth-order valence-corrected chi connectivity index (χ4v) is 4.20. The van der Waals surface area contributed by atoms with E-state index >= 15 is 0 Å². The fourth-order valence-electron chi connectivity index (χ4n) is 4.20. The second-order valence-corrected chi connectivity index (χ2v) is 7.51. The van der Waals surface area contributed by atoms with Gasteiger partial charge in [0.2, 0.25) is 5.75 Å². The number of nitrogens with zero attached hydrogens (tertiary/aromatic N) is 1. The van der Waals surface area contributed by atoms with E-state index in [4.69, 9.17) is 14.2 Å². The molecule has 0 saturated carbocycles. The van der Waals surface area contributed by atoms with Crippen LogP contribution in [0.1, 0.15) is 16.7 Å². The van der Waals surface area contributed by atoms with Gasteiger partial charge < -0.3 is 24.0 Å². The maximum atomic E-state index is 5.48. The van der Waals surface area contributed by atoms with E-state index in [1.165, 1.54) is 22.4 Å². The number of benzene rings is 2. The molecular weight excluding hydrogens is 352 g/mol. The van der Waals surface area contributed by atoms with Gasteiger partial charge in [-0.3, -0.25) is 0 Å². The van der Waals surface area contributed by atoms with Crippen molar-refractivity contribution in [3.05, 3.63) is 47.0 Å². The summed E-state index contributed by atoms with van der Waals surface area (Å²) in [6.45, 7) is 10.1. The van der Waals surface area contributed by atoms with Gasteiger partial charge in [0, 0.05) is 12.1 Å². The highest BCUT2D eigenvalue weighted by Crippen LogP contribution is 2.38. The summed E-state index contributed by atoms with van der Waals surface area (Å²) in [4.78, 5) is 4.20. The van der Waals surface area contributed by atoms with Gasteiger partial charge >= 0.3 is 0 Å². The van der Waals surface area contributed by atoms with Crippen LogP contribution in [0.2, 0.25) is 0 Å². The molecule has 1 aliphatic heterocycles. The van der Waals surface area contributed by atoms with Gasteiger partial charge in [0.15, 0.2) is 11.5 Å². The minimum absolute atomic E-state index is 0.656. The average Bonchev–Trinajstić information content (AvgIpc) is 2.72. The number of quaternary nitrogens is 1. The Balaban J connectivity index is 1.60. The zero-order valence-corrected chi connectivity index (χ0v) is 17.8. The van der Waals surface area contributed by atoms with Crippen molar-refractivity contribution in [3.8, 4) is 17.2 Å². The first-order valence-electron chi connectivity index (χ1n) is 10.0. The first-order chi connectivity index (χ1) is 13.6. The average molecular weight is 386 g/mol. The van der Waals surface area contributed by atoms with Crippen molar-refractivity contribution < 1.29 is 19.1 Å². The fraction of sp³-hybridized carbons (Fsp3) is 0.478. The van der Waals surface area contributed by atoms with Crippen molar-refractivity contribution in [1.29, 1.82) is 0 Å². The van der Waals surface area contributed by atoms with Crippen LogP contribution in [-0.4, -0.2) is 54.1 Å². The Morgan fingerprint density at radius 3 is 1.96 bits per heavy atom. The van der Waals surface area contributed by atoms with Crippen LogP contribution in [0, 0.1) is 13.8 Å². The standard InChI is InChI=1S/C23H32N2O3/c1-17-7-6-8-18(2)22(17)25-13-11-24(12-14-25)10-9-19-15-20(26-3)23(28-5)21(16-19)27-4/h6-8,15-16H,9-14H2,1-5H3/p+1. The molecule has 3 rings (SSSR count). The van der Waals surface area contributed by atoms with Crippen LogP contribution in [0.5, 0.6) is 17.2 Å². The van der Waals surface area contributed by atoms with Crippen molar-refractivity contribution in [2.75, 3.05) is 59.0 Å². The van der Waals surface area contributed by atoms with E-state index in [1.807, 2.05) is 0 Å². The van der Waals surface area contributed by atoms with Gasteiger partial charge in [-0.15, -0.1) is 0 Å². The first kappa shape index (κ1) is 20.3. The Morgan fingerprint density at radius 1 is 0.893 bits per heavy atom. The molecule has 0 aromatic heterocycles. The second-order valence-electron chi connectivity index (χ2n) is 7.51. The summed E-state index contributed by atoms with van der Waals surface area (Å²) >= 11 is 0. The summed E-state index contributed by atoms with van der Waals surface area (Å²) < 4.78 is 16.4. The topological polar surface area (TPSA) is 35.4 Å². The summed E-state index contributed by atoms with van der Waals surface area (Å²) in [6, 6.07) is 10.7. The predicted octanol–water partition coefficient (Wildman–Crippen LogP) is 2.28. The molecule has 0 radical (unpaired) electrons. The smallest absolute Gasteiger partial charge is 0.203 e. The van der Waals surface area contributed by atoms with Gasteiger partial charge in [-0.2, -0.15) is 0 Å². The van der Waals surface area contributed by atoms with E-state index < -0.39 is 0 Å². The van der Waals surface area contributed by atoms with Crippen molar-refractivity contribution in [2.24, 2.45) is 0 Å². The van der Waals surface area contributed by atoms with E-state index in [2.05, 4.69) is 49.1 Å². The lowest BCUT2D eigenvalue weighted by Crippen LogP contribution is -3.15. The molecule has 0 aliphatic carbocycles. The number of rotatable bonds is 7. The highest BCUT2D eigenvalue weighted by Gasteiger charge is 2.22. The zero-order chi connectivity index (χ0) is 20.1. The summed E-state index contributed by atoms with van der Waals surface area (Å²) in [7, 11) is 4.97. The Labute approximate surface area is 168 Å². The third-order valence-corrected chi connectivity index (χ3v) is 5.72. The minimum atomic E-state index is 0.656. The zero-order valence-electron chi connectivity index (χ0n) is 17.8. The Hall–Kier alpha value is -2.40. The van der Waals surface area contributed by atoms with Gasteiger partial charge in [0.1, 0.15) is 0 Å². The van der Waals surface area contributed by atoms with Crippen LogP contribution in [-0.2, 0) is 6.42 Å². The van der Waals surface area contributed by atoms with Crippen LogP contribution in [0.4, 0.5) is 5.69 Å². The third-order valence-electron chi connectivity index (χ3n) is 5.72. The molecule has 2 aromatic carbocycles. The molecule has 0 unspecified atom stereocenters. The van der Waals surface area contributed by atoms with Gasteiger partial charge in [-0.1, -0.05) is 18.2 Å². The first-order valence-corrected chi connectivity index (χ1v) is 10.0. The largest absolute Gasteiger partial charge is 0.493 e. The molecule has 152 valence electrons. The molecule has 1 aliphatic rings. The van der Waals surface area contributed by atoms with Crippen molar-refractivity contribution >= 4 is 5.69 Å². The number of hydrogen-bond donors (Lipinski definition) is 1. The third kappa shape index (κ3) is 4.36. The number of piperazine rings is 1. The quantitative estimate of drug-likeness (QED) is 0.793. The maximum Gasteiger partial charge on any atom is 0.203 e. The van der Waals surface area contributed by atoms with Crippen LogP contribution < -0.4 is 24.0 Å². The van der Waals surface area contributed by atoms with E-state index in [-0.39, 0.29) is 0 Å². The van der Waals surface area contributed by atoms with Gasteiger partial charge in [0.25, 0.3) is 0 Å². The Kier molecular flexibility index (Phi) is 6.68. The summed E-state index contributed by atoms with van der Waals surface area (Å²) in [5.74, 6) is 2.11. The molecule has 1 saturated heterocycles. The van der Waals surface area contributed by atoms with E-state index in [9.17, 15) is 0 Å².